The predicted octanol–water partition coefficient (Wildman–Crippen LogP) is 1.03. The maximum Gasteiger partial charge on any atom is 0.228 e. The van der Waals surface area contributed by atoms with E-state index in [0.717, 1.165) is 5.56 Å². The van der Waals surface area contributed by atoms with Crippen molar-refractivity contribution in [2.75, 3.05) is 18.6 Å². The lowest BCUT2D eigenvalue weighted by Gasteiger charge is -2.06. The molecule has 0 bridgehead atoms. The molecule has 92 valence electrons. The van der Waals surface area contributed by atoms with E-state index in [2.05, 4.69) is 34.2 Å². The third kappa shape index (κ3) is 2.02. The molecule has 0 aliphatic carbocycles. The molecule has 17 heavy (non-hydrogen) atoms. The van der Waals surface area contributed by atoms with Gasteiger partial charge in [-0.25, -0.2) is 4.98 Å². The normalized spacial score (nSPS) is 13.2. The van der Waals surface area contributed by atoms with Crippen LogP contribution in [0.5, 0.6) is 0 Å². The summed E-state index contributed by atoms with van der Waals surface area (Å²) in [6.45, 7) is 4.14. The summed E-state index contributed by atoms with van der Waals surface area (Å²) >= 11 is 0. The van der Waals surface area contributed by atoms with E-state index in [4.69, 9.17) is 0 Å². The molecule has 0 amide bonds. The molecule has 0 aliphatic rings. The van der Waals surface area contributed by atoms with Gasteiger partial charge in [-0.2, -0.15) is 14.6 Å². The molecule has 0 fully saturated rings. The van der Waals surface area contributed by atoms with E-state index in [-0.39, 0.29) is 0 Å². The smallest absolute Gasteiger partial charge is 0.228 e. The molecule has 0 aliphatic heterocycles. The van der Waals surface area contributed by atoms with Crippen LogP contribution in [0.4, 0.5) is 5.95 Å². The van der Waals surface area contributed by atoms with Gasteiger partial charge in [0.1, 0.15) is 0 Å². The van der Waals surface area contributed by atoms with Gasteiger partial charge < -0.3 is 5.32 Å². The molecule has 2 aromatic heterocycles. The van der Waals surface area contributed by atoms with Gasteiger partial charge >= 0.3 is 0 Å². The van der Waals surface area contributed by atoms with Crippen molar-refractivity contribution in [2.24, 2.45) is 0 Å². The van der Waals surface area contributed by atoms with E-state index >= 15 is 0 Å². The lowest BCUT2D eigenvalue weighted by Crippen LogP contribution is -2.09. The van der Waals surface area contributed by atoms with E-state index in [0.29, 0.717) is 22.7 Å². The highest BCUT2D eigenvalue weighted by atomic mass is 32.2. The van der Waals surface area contributed by atoms with Gasteiger partial charge in [-0.3, -0.25) is 4.21 Å². The summed E-state index contributed by atoms with van der Waals surface area (Å²) in [5.74, 6) is 0.859. The number of hydrogen-bond donors (Lipinski definition) is 1. The molecule has 0 aromatic carbocycles. The van der Waals surface area contributed by atoms with Gasteiger partial charge in [0.2, 0.25) is 11.1 Å². The van der Waals surface area contributed by atoms with Gasteiger partial charge in [0.05, 0.1) is 17.0 Å². The molecule has 1 unspecified atom stereocenters. The maximum atomic E-state index is 11.5. The van der Waals surface area contributed by atoms with E-state index in [1.54, 1.807) is 24.0 Å². The Morgan fingerprint density at radius 3 is 2.65 bits per heavy atom. The first-order chi connectivity index (χ1) is 8.04. The zero-order valence-electron chi connectivity index (χ0n) is 10.3. The Hall–Kier alpha value is -1.50. The number of hydrogen-bond acceptors (Lipinski definition) is 5. The van der Waals surface area contributed by atoms with Crippen LogP contribution in [0.1, 0.15) is 25.3 Å². The second-order valence-electron chi connectivity index (χ2n) is 4.02. The average molecular weight is 253 g/mol. The van der Waals surface area contributed by atoms with Gasteiger partial charge in [-0.05, 0) is 5.92 Å². The minimum atomic E-state index is -1.21. The zero-order valence-corrected chi connectivity index (χ0v) is 11.1. The minimum Gasteiger partial charge on any atom is -0.357 e. The van der Waals surface area contributed by atoms with Crippen molar-refractivity contribution in [1.82, 2.24) is 19.6 Å². The highest BCUT2D eigenvalue weighted by Crippen LogP contribution is 2.21. The largest absolute Gasteiger partial charge is 0.357 e. The molecular formula is C10H15N5OS. The first-order valence-electron chi connectivity index (χ1n) is 5.31. The summed E-state index contributed by atoms with van der Waals surface area (Å²) in [6, 6.07) is 0. The van der Waals surface area contributed by atoms with E-state index in [1.165, 1.54) is 0 Å². The molecule has 0 saturated carbocycles. The minimum absolute atomic E-state index is 0.310. The first kappa shape index (κ1) is 12.0. The Labute approximate surface area is 102 Å². The number of aromatic nitrogens is 4. The maximum absolute atomic E-state index is 11.5. The standard InChI is InChI=1S/C10H15N5OS/c1-6(2)7-5-12-15-8(7)13-10(17(4)16)14-9(15)11-3/h5-6H,1-4H3,(H,11,13,14). The van der Waals surface area contributed by atoms with Crippen molar-refractivity contribution < 1.29 is 4.21 Å². The van der Waals surface area contributed by atoms with Crippen LogP contribution in [0.25, 0.3) is 5.65 Å². The highest BCUT2D eigenvalue weighted by molar-refractivity contribution is 7.84. The van der Waals surface area contributed by atoms with Gasteiger partial charge in [0.25, 0.3) is 0 Å². The first-order valence-corrected chi connectivity index (χ1v) is 6.87. The summed E-state index contributed by atoms with van der Waals surface area (Å²) in [6.07, 6.45) is 3.34. The monoisotopic (exact) mass is 253 g/mol. The number of rotatable bonds is 3. The van der Waals surface area contributed by atoms with E-state index < -0.39 is 10.8 Å². The Morgan fingerprint density at radius 1 is 1.41 bits per heavy atom. The summed E-state index contributed by atoms with van der Waals surface area (Å²) in [4.78, 5) is 8.48. The molecule has 2 heterocycles. The Bertz CT molecular complexity index is 577. The molecule has 0 spiro atoms. The third-order valence-corrected chi connectivity index (χ3v) is 3.17. The molecule has 1 N–H and O–H groups in total. The molecule has 0 saturated heterocycles. The second-order valence-corrected chi connectivity index (χ2v) is 5.30. The molecule has 6 nitrogen and oxygen atoms in total. The van der Waals surface area contributed by atoms with E-state index in [9.17, 15) is 4.21 Å². The van der Waals surface area contributed by atoms with Crippen LogP contribution < -0.4 is 5.32 Å². The summed E-state index contributed by atoms with van der Waals surface area (Å²) in [7, 11) is 0.545. The van der Waals surface area contributed by atoms with Crippen LogP contribution in [0.15, 0.2) is 11.4 Å². The van der Waals surface area contributed by atoms with Crippen LogP contribution in [-0.4, -0.2) is 37.1 Å². The Kier molecular flexibility index (Phi) is 3.10. The van der Waals surface area contributed by atoms with Crippen molar-refractivity contribution in [1.29, 1.82) is 0 Å². The van der Waals surface area contributed by atoms with Crippen LogP contribution in [0, 0.1) is 0 Å². The average Bonchev–Trinajstić information content (AvgIpc) is 2.70. The van der Waals surface area contributed by atoms with Crippen LogP contribution in [0.2, 0.25) is 0 Å². The van der Waals surface area contributed by atoms with Crippen LogP contribution in [0.3, 0.4) is 0 Å². The third-order valence-electron chi connectivity index (χ3n) is 2.48. The SMILES string of the molecule is CNc1nc(S(C)=O)nc2c(C(C)C)cnn12. The fourth-order valence-corrected chi connectivity index (χ4v) is 2.00. The van der Waals surface area contributed by atoms with Gasteiger partial charge in [-0.1, -0.05) is 13.8 Å². The van der Waals surface area contributed by atoms with Gasteiger partial charge in [-0.15, -0.1) is 0 Å². The predicted molar refractivity (Wildman–Crippen MR) is 66.8 cm³/mol. The van der Waals surface area contributed by atoms with Crippen LogP contribution >= 0.6 is 0 Å². The number of fused-ring (bicyclic) bond motifs is 1. The van der Waals surface area contributed by atoms with Crippen molar-refractivity contribution in [3.05, 3.63) is 11.8 Å². The topological polar surface area (TPSA) is 72.2 Å². The lowest BCUT2D eigenvalue weighted by atomic mass is 10.1. The number of nitrogens with one attached hydrogen (secondary N) is 1. The molecule has 7 heteroatoms. The highest BCUT2D eigenvalue weighted by Gasteiger charge is 2.15. The summed E-state index contributed by atoms with van der Waals surface area (Å²) < 4.78 is 13.1. The van der Waals surface area contributed by atoms with Crippen molar-refractivity contribution in [3.8, 4) is 0 Å². The Morgan fingerprint density at radius 2 is 2.12 bits per heavy atom. The van der Waals surface area contributed by atoms with Crippen molar-refractivity contribution >= 4 is 22.4 Å². The van der Waals surface area contributed by atoms with Crippen LogP contribution in [-0.2, 0) is 10.8 Å². The lowest BCUT2D eigenvalue weighted by molar-refractivity contribution is 0.678. The van der Waals surface area contributed by atoms with E-state index in [1.807, 2.05) is 0 Å². The molecule has 2 rings (SSSR count). The van der Waals surface area contributed by atoms with Gasteiger partial charge in [0.15, 0.2) is 5.65 Å². The Balaban J connectivity index is 2.76. The van der Waals surface area contributed by atoms with Crippen molar-refractivity contribution in [3.63, 3.8) is 0 Å². The zero-order chi connectivity index (χ0) is 12.6. The van der Waals surface area contributed by atoms with Gasteiger partial charge in [0, 0.05) is 18.9 Å². The second kappa shape index (κ2) is 4.40. The van der Waals surface area contributed by atoms with Crippen molar-refractivity contribution in [2.45, 2.75) is 24.9 Å². The summed E-state index contributed by atoms with van der Waals surface area (Å²) in [5, 5.41) is 7.50. The molecule has 0 radical (unpaired) electrons. The fraction of sp³-hybridized carbons (Fsp3) is 0.500. The fourth-order valence-electron chi connectivity index (χ4n) is 1.57. The molecule has 1 atom stereocenters. The molecular weight excluding hydrogens is 238 g/mol. The number of anilines is 1. The number of nitrogens with zero attached hydrogens (tertiary/aromatic N) is 4. The summed E-state index contributed by atoms with van der Waals surface area (Å²) in [5.41, 5.74) is 1.74. The quantitative estimate of drug-likeness (QED) is 0.884. The molecule has 2 aromatic rings.